The summed E-state index contributed by atoms with van der Waals surface area (Å²) in [5.41, 5.74) is 3.33. The number of pyridine rings is 1. The van der Waals surface area contributed by atoms with Gasteiger partial charge in [0.05, 0.1) is 17.5 Å². The van der Waals surface area contributed by atoms with Crippen LogP contribution in [0.2, 0.25) is 0 Å². The van der Waals surface area contributed by atoms with Gasteiger partial charge in [0.2, 0.25) is 0 Å². The fraction of sp³-hybridized carbons (Fsp3) is 0.308. The molecule has 0 spiro atoms. The van der Waals surface area contributed by atoms with Crippen LogP contribution < -0.4 is 0 Å². The van der Waals surface area contributed by atoms with E-state index in [-0.39, 0.29) is 5.56 Å². The lowest BCUT2D eigenvalue weighted by molar-refractivity contribution is 0.0696. The first-order valence-electron chi connectivity index (χ1n) is 5.30. The quantitative estimate of drug-likeness (QED) is 0.815. The van der Waals surface area contributed by atoms with Crippen molar-refractivity contribution in [2.45, 2.75) is 27.7 Å². The number of carbonyl (C=O) groups is 1. The Morgan fingerprint density at radius 3 is 2.59 bits per heavy atom. The van der Waals surface area contributed by atoms with Crippen molar-refractivity contribution in [3.8, 4) is 0 Å². The molecule has 0 aliphatic carbocycles. The topological polar surface area (TPSA) is 62.5 Å². The smallest absolute Gasteiger partial charge is 0.337 e. The van der Waals surface area contributed by atoms with Crippen molar-refractivity contribution in [2.75, 3.05) is 0 Å². The van der Waals surface area contributed by atoms with Gasteiger partial charge in [-0.05, 0) is 39.3 Å². The Kier molecular flexibility index (Phi) is 4.15. The molecular weight excluding hydrogens is 216 g/mol. The maximum atomic E-state index is 11.0. The molecule has 4 heteroatoms. The molecule has 4 nitrogen and oxygen atoms in total. The molecule has 90 valence electrons. The minimum absolute atomic E-state index is 0.176. The van der Waals surface area contributed by atoms with Gasteiger partial charge in [0.1, 0.15) is 0 Å². The Balaban J connectivity index is 3.15. The van der Waals surface area contributed by atoms with Gasteiger partial charge in [0.15, 0.2) is 0 Å². The zero-order chi connectivity index (χ0) is 13.0. The van der Waals surface area contributed by atoms with Crippen LogP contribution in [-0.2, 0) is 0 Å². The van der Waals surface area contributed by atoms with E-state index >= 15 is 0 Å². The number of hydrogen-bond donors (Lipinski definition) is 1. The zero-order valence-corrected chi connectivity index (χ0v) is 10.5. The molecule has 0 unspecified atom stereocenters. The summed E-state index contributed by atoms with van der Waals surface area (Å²) in [5, 5.41) is 9.05. The van der Waals surface area contributed by atoms with Gasteiger partial charge < -0.3 is 5.11 Å². The summed E-state index contributed by atoms with van der Waals surface area (Å²) < 4.78 is 0. The van der Waals surface area contributed by atoms with Crippen molar-refractivity contribution in [1.82, 2.24) is 4.98 Å². The van der Waals surface area contributed by atoms with Gasteiger partial charge in [0.25, 0.3) is 0 Å². The van der Waals surface area contributed by atoms with Gasteiger partial charge in [0, 0.05) is 11.9 Å². The Morgan fingerprint density at radius 1 is 1.41 bits per heavy atom. The fourth-order valence-corrected chi connectivity index (χ4v) is 1.14. The molecule has 1 aromatic heterocycles. The predicted octanol–water partition coefficient (Wildman–Crippen LogP) is 2.82. The largest absolute Gasteiger partial charge is 0.478 e. The molecule has 0 amide bonds. The Labute approximate surface area is 101 Å². The lowest BCUT2D eigenvalue weighted by Gasteiger charge is -2.01. The highest BCUT2D eigenvalue weighted by atomic mass is 16.4. The number of nitrogens with zero attached hydrogens (tertiary/aromatic N) is 2. The van der Waals surface area contributed by atoms with Crippen LogP contribution in [0.15, 0.2) is 28.5 Å². The van der Waals surface area contributed by atoms with Crippen LogP contribution in [0.3, 0.4) is 0 Å². The number of carboxylic acids is 1. The van der Waals surface area contributed by atoms with Gasteiger partial charge in [-0.2, -0.15) is 0 Å². The van der Waals surface area contributed by atoms with Crippen molar-refractivity contribution in [1.29, 1.82) is 0 Å². The second-order valence-corrected chi connectivity index (χ2v) is 4.09. The summed E-state index contributed by atoms with van der Waals surface area (Å²) in [6.07, 6.45) is 3.12. The highest BCUT2D eigenvalue weighted by Crippen LogP contribution is 2.08. The van der Waals surface area contributed by atoms with E-state index in [1.165, 1.54) is 6.21 Å². The number of hydrogen-bond acceptors (Lipinski definition) is 3. The SMILES string of the molecule is CC(C)=C(C)N=Cc1ncc(C)cc1C(=O)O. The molecule has 1 heterocycles. The molecular formula is C13H16N2O2. The van der Waals surface area contributed by atoms with Crippen LogP contribution in [0.4, 0.5) is 0 Å². The molecule has 1 N–H and O–H groups in total. The number of aromatic carboxylic acids is 1. The van der Waals surface area contributed by atoms with Crippen LogP contribution >= 0.6 is 0 Å². The molecule has 0 aliphatic rings. The molecule has 17 heavy (non-hydrogen) atoms. The molecule has 0 radical (unpaired) electrons. The number of aryl methyl sites for hydroxylation is 1. The minimum atomic E-state index is -0.988. The van der Waals surface area contributed by atoms with Gasteiger partial charge in [-0.1, -0.05) is 5.57 Å². The van der Waals surface area contributed by atoms with Crippen molar-refractivity contribution < 1.29 is 9.90 Å². The van der Waals surface area contributed by atoms with E-state index in [0.29, 0.717) is 5.69 Å². The Morgan fingerprint density at radius 2 is 2.06 bits per heavy atom. The molecule has 0 saturated heterocycles. The first-order chi connectivity index (χ1) is 7.91. The van der Waals surface area contributed by atoms with Gasteiger partial charge in [-0.25, -0.2) is 4.79 Å². The van der Waals surface area contributed by atoms with Crippen LogP contribution in [0.25, 0.3) is 0 Å². The lowest BCUT2D eigenvalue weighted by Crippen LogP contribution is -2.05. The highest BCUT2D eigenvalue weighted by molar-refractivity contribution is 5.97. The lowest BCUT2D eigenvalue weighted by atomic mass is 10.1. The number of rotatable bonds is 3. The fourth-order valence-electron chi connectivity index (χ4n) is 1.14. The van der Waals surface area contributed by atoms with Crippen molar-refractivity contribution in [3.05, 3.63) is 40.4 Å². The Hall–Kier alpha value is -1.97. The number of aliphatic imine (C=N–C) groups is 1. The summed E-state index contributed by atoms with van der Waals surface area (Å²) in [5.74, 6) is -0.988. The summed E-state index contributed by atoms with van der Waals surface area (Å²) in [7, 11) is 0. The van der Waals surface area contributed by atoms with Crippen LogP contribution in [-0.4, -0.2) is 22.3 Å². The predicted molar refractivity (Wildman–Crippen MR) is 67.6 cm³/mol. The highest BCUT2D eigenvalue weighted by Gasteiger charge is 2.09. The third-order valence-electron chi connectivity index (χ3n) is 2.39. The normalized spacial score (nSPS) is 10.6. The molecule has 0 aromatic carbocycles. The van der Waals surface area contributed by atoms with Crippen molar-refractivity contribution in [3.63, 3.8) is 0 Å². The monoisotopic (exact) mass is 232 g/mol. The first-order valence-corrected chi connectivity index (χ1v) is 5.30. The second-order valence-electron chi connectivity index (χ2n) is 4.09. The third kappa shape index (κ3) is 3.52. The first kappa shape index (κ1) is 13.1. The van der Waals surface area contributed by atoms with E-state index in [2.05, 4.69) is 9.98 Å². The number of aromatic nitrogens is 1. The third-order valence-corrected chi connectivity index (χ3v) is 2.39. The van der Waals surface area contributed by atoms with E-state index in [1.54, 1.807) is 12.3 Å². The van der Waals surface area contributed by atoms with Gasteiger partial charge >= 0.3 is 5.97 Å². The molecule has 0 aliphatic heterocycles. The van der Waals surface area contributed by atoms with Gasteiger partial charge in [-0.15, -0.1) is 0 Å². The molecule has 1 aromatic rings. The maximum absolute atomic E-state index is 11.0. The van der Waals surface area contributed by atoms with E-state index in [4.69, 9.17) is 5.11 Å². The molecule has 0 bridgehead atoms. The van der Waals surface area contributed by atoms with E-state index in [1.807, 2.05) is 27.7 Å². The average Bonchev–Trinajstić information content (AvgIpc) is 2.26. The van der Waals surface area contributed by atoms with Crippen LogP contribution in [0, 0.1) is 6.92 Å². The molecule has 0 atom stereocenters. The number of carboxylic acid groups (broad SMARTS) is 1. The average molecular weight is 232 g/mol. The summed E-state index contributed by atoms with van der Waals surface area (Å²) in [6, 6.07) is 1.59. The summed E-state index contributed by atoms with van der Waals surface area (Å²) in [6.45, 7) is 7.59. The van der Waals surface area contributed by atoms with E-state index in [0.717, 1.165) is 16.8 Å². The molecule has 0 saturated carbocycles. The summed E-state index contributed by atoms with van der Waals surface area (Å²) in [4.78, 5) is 19.3. The van der Waals surface area contributed by atoms with Crippen molar-refractivity contribution in [2.24, 2.45) is 4.99 Å². The summed E-state index contributed by atoms with van der Waals surface area (Å²) >= 11 is 0. The Bertz CT molecular complexity index is 498. The van der Waals surface area contributed by atoms with Crippen molar-refractivity contribution >= 4 is 12.2 Å². The second kappa shape index (κ2) is 5.39. The van der Waals surface area contributed by atoms with Crippen LogP contribution in [0.1, 0.15) is 42.4 Å². The van der Waals surface area contributed by atoms with E-state index in [9.17, 15) is 4.79 Å². The molecule has 0 fully saturated rings. The van der Waals surface area contributed by atoms with E-state index < -0.39 is 5.97 Å². The maximum Gasteiger partial charge on any atom is 0.337 e. The van der Waals surface area contributed by atoms with Crippen LogP contribution in [0.5, 0.6) is 0 Å². The standard InChI is InChI=1S/C13H16N2O2/c1-8(2)10(4)14-7-12-11(13(16)17)5-9(3)6-15-12/h5-7H,1-4H3,(H,16,17). The minimum Gasteiger partial charge on any atom is -0.478 e. The zero-order valence-electron chi connectivity index (χ0n) is 10.5. The van der Waals surface area contributed by atoms with Gasteiger partial charge in [-0.3, -0.25) is 9.98 Å². The molecule has 1 rings (SSSR count). The number of allylic oxidation sites excluding steroid dienone is 2.